The zero-order chi connectivity index (χ0) is 10.9. The number of carbonyl (C=O) groups excluding carboxylic acids is 1. The van der Waals surface area contributed by atoms with Crippen LogP contribution in [-0.4, -0.2) is 16.0 Å². The van der Waals surface area contributed by atoms with E-state index in [2.05, 4.69) is 15.3 Å². The van der Waals surface area contributed by atoms with E-state index < -0.39 is 6.03 Å². The van der Waals surface area contributed by atoms with Crippen LogP contribution in [0.4, 0.5) is 10.5 Å². The van der Waals surface area contributed by atoms with Gasteiger partial charge in [0.05, 0.1) is 6.33 Å². The van der Waals surface area contributed by atoms with Crippen molar-refractivity contribution in [2.45, 2.75) is 0 Å². The van der Waals surface area contributed by atoms with E-state index in [1.165, 1.54) is 0 Å². The molecule has 2 rings (SSSR count). The molecule has 0 atom stereocenters. The molecule has 1 aromatic heterocycles. The third-order valence-corrected chi connectivity index (χ3v) is 1.45. The van der Waals surface area contributed by atoms with Gasteiger partial charge in [-0.2, -0.15) is 0 Å². The summed E-state index contributed by atoms with van der Waals surface area (Å²) in [7, 11) is 0. The summed E-state index contributed by atoms with van der Waals surface area (Å²) in [6, 6.07) is 8.52. The van der Waals surface area contributed by atoms with Gasteiger partial charge in [-0.1, -0.05) is 18.2 Å². The fourth-order valence-corrected chi connectivity index (χ4v) is 0.879. The molecule has 5 nitrogen and oxygen atoms in total. The van der Waals surface area contributed by atoms with Crippen LogP contribution in [0.2, 0.25) is 0 Å². The van der Waals surface area contributed by atoms with Gasteiger partial charge in [-0.15, -0.1) is 0 Å². The molecule has 0 saturated carbocycles. The van der Waals surface area contributed by atoms with Crippen molar-refractivity contribution in [2.75, 3.05) is 5.32 Å². The average molecular weight is 204 g/mol. The van der Waals surface area contributed by atoms with Crippen molar-refractivity contribution >= 4 is 11.7 Å². The standard InChI is InChI=1S/C7H8N2O.C3H4N2/c8-7(10)9-6-4-2-1-3-5-6;1-2-5-3-4-1/h1-5H,(H3,8,9,10);1-3H,(H,4,5). The maximum absolute atomic E-state index is 10.3. The molecule has 0 bridgehead atoms. The molecule has 0 unspecified atom stereocenters. The molecule has 1 heterocycles. The molecular formula is C10H12N4O. The number of anilines is 1. The number of aromatic nitrogens is 2. The molecule has 4 N–H and O–H groups in total. The summed E-state index contributed by atoms with van der Waals surface area (Å²) in [5.74, 6) is 0. The third kappa shape index (κ3) is 5.09. The first-order valence-electron chi connectivity index (χ1n) is 4.33. The summed E-state index contributed by atoms with van der Waals surface area (Å²) in [6.45, 7) is 0. The van der Waals surface area contributed by atoms with Crippen molar-refractivity contribution < 1.29 is 4.79 Å². The first kappa shape index (κ1) is 10.8. The Hall–Kier alpha value is -2.30. The second-order valence-electron chi connectivity index (χ2n) is 2.62. The Bertz CT molecular complexity index is 354. The van der Waals surface area contributed by atoms with Crippen LogP contribution in [-0.2, 0) is 0 Å². The van der Waals surface area contributed by atoms with E-state index >= 15 is 0 Å². The number of urea groups is 1. The summed E-state index contributed by atoms with van der Waals surface area (Å²) < 4.78 is 0. The summed E-state index contributed by atoms with van der Waals surface area (Å²) in [6.07, 6.45) is 5.08. The molecule has 0 spiro atoms. The number of amides is 2. The molecular weight excluding hydrogens is 192 g/mol. The number of carbonyl (C=O) groups is 1. The van der Waals surface area contributed by atoms with Crippen LogP contribution in [0.15, 0.2) is 49.1 Å². The van der Waals surface area contributed by atoms with E-state index in [-0.39, 0.29) is 0 Å². The lowest BCUT2D eigenvalue weighted by Crippen LogP contribution is -2.18. The Kier molecular flexibility index (Phi) is 4.45. The van der Waals surface area contributed by atoms with Crippen LogP contribution in [0.1, 0.15) is 0 Å². The van der Waals surface area contributed by atoms with Crippen molar-refractivity contribution in [3.8, 4) is 0 Å². The Labute approximate surface area is 87.3 Å². The van der Waals surface area contributed by atoms with E-state index in [0.717, 1.165) is 5.69 Å². The molecule has 0 aliphatic carbocycles. The van der Waals surface area contributed by atoms with E-state index in [4.69, 9.17) is 5.73 Å². The zero-order valence-corrected chi connectivity index (χ0v) is 8.05. The fourth-order valence-electron chi connectivity index (χ4n) is 0.879. The lowest BCUT2D eigenvalue weighted by Gasteiger charge is -1.97. The minimum atomic E-state index is -0.536. The van der Waals surface area contributed by atoms with E-state index in [0.29, 0.717) is 0 Å². The lowest BCUT2D eigenvalue weighted by molar-refractivity contribution is 0.259. The van der Waals surface area contributed by atoms with Crippen molar-refractivity contribution in [1.29, 1.82) is 0 Å². The van der Waals surface area contributed by atoms with E-state index in [1.54, 1.807) is 30.9 Å². The highest BCUT2D eigenvalue weighted by molar-refractivity contribution is 5.87. The van der Waals surface area contributed by atoms with E-state index in [1.807, 2.05) is 18.2 Å². The van der Waals surface area contributed by atoms with Gasteiger partial charge in [-0.25, -0.2) is 9.78 Å². The third-order valence-electron chi connectivity index (χ3n) is 1.45. The topological polar surface area (TPSA) is 83.8 Å². The Balaban J connectivity index is 0.000000187. The monoisotopic (exact) mass is 204 g/mol. The zero-order valence-electron chi connectivity index (χ0n) is 8.05. The number of hydrogen-bond donors (Lipinski definition) is 3. The molecule has 78 valence electrons. The molecule has 5 heteroatoms. The van der Waals surface area contributed by atoms with Crippen LogP contribution in [0.3, 0.4) is 0 Å². The Morgan fingerprint density at radius 2 is 2.07 bits per heavy atom. The second kappa shape index (κ2) is 6.20. The molecule has 1 aromatic carbocycles. The fraction of sp³-hybridized carbons (Fsp3) is 0. The first-order chi connectivity index (χ1) is 7.29. The number of nitrogens with one attached hydrogen (secondary N) is 2. The molecule has 0 aliphatic rings. The van der Waals surface area contributed by atoms with Crippen LogP contribution < -0.4 is 11.1 Å². The quantitative estimate of drug-likeness (QED) is 0.659. The average Bonchev–Trinajstić information content (AvgIpc) is 2.76. The van der Waals surface area contributed by atoms with Crippen molar-refractivity contribution in [1.82, 2.24) is 9.97 Å². The molecule has 0 fully saturated rings. The lowest BCUT2D eigenvalue weighted by atomic mass is 10.3. The largest absolute Gasteiger partial charge is 0.351 e. The van der Waals surface area contributed by atoms with Gasteiger partial charge >= 0.3 is 6.03 Å². The second-order valence-corrected chi connectivity index (χ2v) is 2.62. The Morgan fingerprint density at radius 3 is 2.47 bits per heavy atom. The SMILES string of the molecule is NC(=O)Nc1ccccc1.c1c[nH]cn1. The minimum absolute atomic E-state index is 0.536. The van der Waals surface area contributed by atoms with Gasteiger partial charge in [0, 0.05) is 18.1 Å². The van der Waals surface area contributed by atoms with Gasteiger partial charge in [0.25, 0.3) is 0 Å². The van der Waals surface area contributed by atoms with Crippen LogP contribution >= 0.6 is 0 Å². The number of nitrogens with zero attached hydrogens (tertiary/aromatic N) is 1. The van der Waals surface area contributed by atoms with Crippen molar-refractivity contribution in [3.05, 3.63) is 49.1 Å². The molecule has 15 heavy (non-hydrogen) atoms. The Morgan fingerprint density at radius 1 is 1.33 bits per heavy atom. The highest BCUT2D eigenvalue weighted by atomic mass is 16.2. The summed E-state index contributed by atoms with van der Waals surface area (Å²) in [4.78, 5) is 16.7. The molecule has 0 saturated heterocycles. The van der Waals surface area contributed by atoms with Gasteiger partial charge in [-0.3, -0.25) is 0 Å². The molecule has 2 amide bonds. The summed E-state index contributed by atoms with van der Waals surface area (Å²) >= 11 is 0. The van der Waals surface area contributed by atoms with Crippen LogP contribution in [0, 0.1) is 0 Å². The molecule has 0 aliphatic heterocycles. The van der Waals surface area contributed by atoms with Gasteiger partial charge in [0.2, 0.25) is 0 Å². The van der Waals surface area contributed by atoms with E-state index in [9.17, 15) is 4.79 Å². The van der Waals surface area contributed by atoms with Gasteiger partial charge in [0.15, 0.2) is 0 Å². The van der Waals surface area contributed by atoms with Crippen molar-refractivity contribution in [2.24, 2.45) is 5.73 Å². The number of nitrogens with two attached hydrogens (primary N) is 1. The number of benzene rings is 1. The number of imidazole rings is 1. The molecule has 2 aromatic rings. The predicted octanol–water partition coefficient (Wildman–Crippen LogP) is 1.59. The number of H-pyrrole nitrogens is 1. The number of para-hydroxylation sites is 1. The normalized spacial score (nSPS) is 8.53. The minimum Gasteiger partial charge on any atom is -0.351 e. The van der Waals surface area contributed by atoms with Gasteiger partial charge < -0.3 is 16.0 Å². The summed E-state index contributed by atoms with van der Waals surface area (Å²) in [5.41, 5.74) is 5.59. The number of hydrogen-bond acceptors (Lipinski definition) is 2. The summed E-state index contributed by atoms with van der Waals surface area (Å²) in [5, 5.41) is 2.44. The first-order valence-corrected chi connectivity index (χ1v) is 4.33. The smallest absolute Gasteiger partial charge is 0.316 e. The highest BCUT2D eigenvalue weighted by Gasteiger charge is 1.90. The number of primary amides is 1. The predicted molar refractivity (Wildman–Crippen MR) is 58.2 cm³/mol. The maximum Gasteiger partial charge on any atom is 0.316 e. The highest BCUT2D eigenvalue weighted by Crippen LogP contribution is 2.03. The van der Waals surface area contributed by atoms with Crippen molar-refractivity contribution in [3.63, 3.8) is 0 Å². The van der Waals surface area contributed by atoms with Gasteiger partial charge in [-0.05, 0) is 12.1 Å². The van der Waals surface area contributed by atoms with Crippen LogP contribution in [0.25, 0.3) is 0 Å². The molecule has 0 radical (unpaired) electrons. The number of aromatic amines is 1. The van der Waals surface area contributed by atoms with Gasteiger partial charge in [0.1, 0.15) is 0 Å². The van der Waals surface area contributed by atoms with Crippen LogP contribution in [0.5, 0.6) is 0 Å². The maximum atomic E-state index is 10.3. The number of rotatable bonds is 1.